The second kappa shape index (κ2) is 4.54. The molecule has 0 bridgehead atoms. The Morgan fingerprint density at radius 2 is 2.19 bits per heavy atom. The van der Waals surface area contributed by atoms with Crippen LogP contribution >= 0.6 is 0 Å². The first kappa shape index (κ1) is 11.0. The summed E-state index contributed by atoms with van der Waals surface area (Å²) in [6, 6.07) is 10.3. The fourth-order valence-electron chi connectivity index (χ4n) is 1.76. The van der Waals surface area contributed by atoms with Gasteiger partial charge in [0.1, 0.15) is 5.75 Å². The zero-order valence-electron chi connectivity index (χ0n) is 9.49. The monoisotopic (exact) mass is 216 g/mol. The molecule has 0 atom stereocenters. The highest BCUT2D eigenvalue weighted by atomic mass is 16.5. The van der Waals surface area contributed by atoms with Crippen LogP contribution in [-0.4, -0.2) is 13.7 Å². The van der Waals surface area contributed by atoms with Crippen LogP contribution in [0.1, 0.15) is 18.4 Å². The van der Waals surface area contributed by atoms with E-state index in [0.29, 0.717) is 0 Å². The van der Waals surface area contributed by atoms with Gasteiger partial charge in [0.25, 0.3) is 0 Å². The second-order valence-corrected chi connectivity index (χ2v) is 4.31. The molecule has 16 heavy (non-hydrogen) atoms. The van der Waals surface area contributed by atoms with Gasteiger partial charge in [-0.05, 0) is 18.9 Å². The molecule has 1 aromatic carbocycles. The molecule has 3 nitrogen and oxygen atoms in total. The summed E-state index contributed by atoms with van der Waals surface area (Å²) < 4.78 is 5.26. The van der Waals surface area contributed by atoms with Gasteiger partial charge in [-0.3, -0.25) is 0 Å². The van der Waals surface area contributed by atoms with Gasteiger partial charge in [-0.25, -0.2) is 0 Å². The van der Waals surface area contributed by atoms with E-state index in [2.05, 4.69) is 11.4 Å². The molecule has 0 spiro atoms. The van der Waals surface area contributed by atoms with E-state index in [0.717, 1.165) is 37.2 Å². The molecule has 2 rings (SSSR count). The molecule has 1 aliphatic rings. The average Bonchev–Trinajstić information content (AvgIpc) is 3.10. The third-order valence-electron chi connectivity index (χ3n) is 3.06. The molecule has 0 radical (unpaired) electrons. The predicted octanol–water partition coefficient (Wildman–Crippen LogP) is 2.09. The van der Waals surface area contributed by atoms with Gasteiger partial charge in [0.15, 0.2) is 0 Å². The summed E-state index contributed by atoms with van der Waals surface area (Å²) in [6.07, 6.45) is 2.06. The van der Waals surface area contributed by atoms with E-state index >= 15 is 0 Å². The van der Waals surface area contributed by atoms with Crippen molar-refractivity contribution in [2.24, 2.45) is 5.41 Å². The van der Waals surface area contributed by atoms with Crippen molar-refractivity contribution in [3.05, 3.63) is 29.8 Å². The van der Waals surface area contributed by atoms with E-state index in [-0.39, 0.29) is 5.41 Å². The van der Waals surface area contributed by atoms with Crippen LogP contribution in [0.5, 0.6) is 5.75 Å². The van der Waals surface area contributed by atoms with Gasteiger partial charge in [-0.1, -0.05) is 18.2 Å². The lowest BCUT2D eigenvalue weighted by Gasteiger charge is -2.10. The lowest BCUT2D eigenvalue weighted by molar-refractivity contribution is 0.406. The predicted molar refractivity (Wildman–Crippen MR) is 62.0 cm³/mol. The van der Waals surface area contributed by atoms with Crippen molar-refractivity contribution >= 4 is 0 Å². The molecule has 1 aromatic rings. The second-order valence-electron chi connectivity index (χ2n) is 4.31. The highest BCUT2D eigenvalue weighted by molar-refractivity contribution is 5.33. The van der Waals surface area contributed by atoms with E-state index < -0.39 is 0 Å². The summed E-state index contributed by atoms with van der Waals surface area (Å²) in [5.74, 6) is 0.900. The van der Waals surface area contributed by atoms with Crippen molar-refractivity contribution in [2.45, 2.75) is 19.4 Å². The summed E-state index contributed by atoms with van der Waals surface area (Å²) >= 11 is 0. The van der Waals surface area contributed by atoms with Crippen molar-refractivity contribution in [1.82, 2.24) is 5.32 Å². The van der Waals surface area contributed by atoms with Crippen LogP contribution in [-0.2, 0) is 6.54 Å². The average molecular weight is 216 g/mol. The molecule has 1 aliphatic carbocycles. The topological polar surface area (TPSA) is 45.0 Å². The molecule has 0 saturated heterocycles. The minimum Gasteiger partial charge on any atom is -0.496 e. The number of ether oxygens (including phenoxy) is 1. The number of nitriles is 1. The molecule has 1 saturated carbocycles. The molecule has 0 unspecified atom stereocenters. The Bertz CT molecular complexity index is 405. The summed E-state index contributed by atoms with van der Waals surface area (Å²) in [7, 11) is 1.68. The quantitative estimate of drug-likeness (QED) is 0.819. The van der Waals surface area contributed by atoms with E-state index in [1.807, 2.05) is 24.3 Å². The Kier molecular flexibility index (Phi) is 3.12. The van der Waals surface area contributed by atoms with E-state index in [4.69, 9.17) is 10.00 Å². The molecule has 1 N–H and O–H groups in total. The van der Waals surface area contributed by atoms with Gasteiger partial charge in [-0.15, -0.1) is 0 Å². The van der Waals surface area contributed by atoms with Gasteiger partial charge in [0.2, 0.25) is 0 Å². The lowest BCUT2D eigenvalue weighted by atomic mass is 10.1. The number of hydrogen-bond donors (Lipinski definition) is 1. The number of nitrogens with zero attached hydrogens (tertiary/aromatic N) is 1. The first-order chi connectivity index (χ1) is 7.79. The molecule has 0 aromatic heterocycles. The molecule has 0 aliphatic heterocycles. The van der Waals surface area contributed by atoms with Gasteiger partial charge in [0.05, 0.1) is 18.6 Å². The van der Waals surface area contributed by atoms with Crippen LogP contribution in [0.4, 0.5) is 0 Å². The molecular formula is C13H16N2O. The third kappa shape index (κ3) is 2.34. The van der Waals surface area contributed by atoms with Gasteiger partial charge in [0, 0.05) is 18.7 Å². The number of benzene rings is 1. The van der Waals surface area contributed by atoms with Crippen LogP contribution in [0.25, 0.3) is 0 Å². The number of hydrogen-bond acceptors (Lipinski definition) is 3. The van der Waals surface area contributed by atoms with Crippen LogP contribution in [0.3, 0.4) is 0 Å². The maximum atomic E-state index is 8.94. The highest BCUT2D eigenvalue weighted by Gasteiger charge is 2.42. The van der Waals surface area contributed by atoms with E-state index in [1.165, 1.54) is 0 Å². The van der Waals surface area contributed by atoms with Crippen molar-refractivity contribution in [1.29, 1.82) is 5.26 Å². The maximum absolute atomic E-state index is 8.94. The SMILES string of the molecule is COc1ccccc1CNCC1(C#N)CC1. The number of rotatable bonds is 5. The molecular weight excluding hydrogens is 200 g/mol. The Morgan fingerprint density at radius 3 is 2.81 bits per heavy atom. The number of nitrogens with one attached hydrogen (secondary N) is 1. The number of para-hydroxylation sites is 1. The minimum absolute atomic E-state index is 0.0813. The van der Waals surface area contributed by atoms with Crippen LogP contribution in [0, 0.1) is 16.7 Å². The maximum Gasteiger partial charge on any atom is 0.123 e. The Balaban J connectivity index is 1.88. The summed E-state index contributed by atoms with van der Waals surface area (Å²) in [6.45, 7) is 1.54. The van der Waals surface area contributed by atoms with Crippen molar-refractivity contribution in [3.63, 3.8) is 0 Å². The Hall–Kier alpha value is -1.53. The molecule has 0 amide bonds. The fourth-order valence-corrected chi connectivity index (χ4v) is 1.76. The highest BCUT2D eigenvalue weighted by Crippen LogP contribution is 2.44. The van der Waals surface area contributed by atoms with Crippen molar-refractivity contribution in [2.75, 3.05) is 13.7 Å². The van der Waals surface area contributed by atoms with Crippen molar-refractivity contribution < 1.29 is 4.74 Å². The zero-order valence-corrected chi connectivity index (χ0v) is 9.49. The normalized spacial score (nSPS) is 16.5. The Labute approximate surface area is 96.0 Å². The molecule has 0 heterocycles. The Morgan fingerprint density at radius 1 is 1.44 bits per heavy atom. The van der Waals surface area contributed by atoms with E-state index in [1.54, 1.807) is 7.11 Å². The molecule has 1 fully saturated rings. The van der Waals surface area contributed by atoms with Crippen LogP contribution in [0.15, 0.2) is 24.3 Å². The van der Waals surface area contributed by atoms with Crippen LogP contribution in [0.2, 0.25) is 0 Å². The summed E-state index contributed by atoms with van der Waals surface area (Å²) in [4.78, 5) is 0. The minimum atomic E-state index is -0.0813. The largest absolute Gasteiger partial charge is 0.496 e. The number of methoxy groups -OCH3 is 1. The first-order valence-electron chi connectivity index (χ1n) is 5.53. The summed E-state index contributed by atoms with van der Waals surface area (Å²) in [5.41, 5.74) is 1.06. The lowest BCUT2D eigenvalue weighted by Crippen LogP contribution is -2.22. The van der Waals surface area contributed by atoms with Crippen LogP contribution < -0.4 is 10.1 Å². The standard InChI is InChI=1S/C13H16N2O/c1-16-12-5-3-2-4-11(12)8-15-10-13(9-14)6-7-13/h2-5,15H,6-8,10H2,1H3. The first-order valence-corrected chi connectivity index (χ1v) is 5.53. The smallest absolute Gasteiger partial charge is 0.123 e. The third-order valence-corrected chi connectivity index (χ3v) is 3.06. The van der Waals surface area contributed by atoms with Gasteiger partial charge >= 0.3 is 0 Å². The van der Waals surface area contributed by atoms with Crippen molar-refractivity contribution in [3.8, 4) is 11.8 Å². The van der Waals surface area contributed by atoms with E-state index in [9.17, 15) is 0 Å². The summed E-state index contributed by atoms with van der Waals surface area (Å²) in [5, 5.41) is 12.3. The fraction of sp³-hybridized carbons (Fsp3) is 0.462. The van der Waals surface area contributed by atoms with Gasteiger partial charge in [-0.2, -0.15) is 5.26 Å². The van der Waals surface area contributed by atoms with Gasteiger partial charge < -0.3 is 10.1 Å². The molecule has 84 valence electrons. The molecule has 3 heteroatoms. The zero-order chi connectivity index (χ0) is 11.4.